The number of carbonyl (C=O) groups excluding carboxylic acids is 1. The third-order valence-electron chi connectivity index (χ3n) is 1.26. The summed E-state index contributed by atoms with van der Waals surface area (Å²) in [6, 6.07) is 2.49. The van der Waals surface area contributed by atoms with Crippen LogP contribution in [0.3, 0.4) is 0 Å². The lowest BCUT2D eigenvalue weighted by atomic mass is 10.5. The first-order chi connectivity index (χ1) is 6.50. The Morgan fingerprint density at radius 2 is 2.07 bits per heavy atom. The first-order valence-electron chi connectivity index (χ1n) is 3.43. The Balaban J connectivity index is 2.69. The Labute approximate surface area is 81.2 Å². The minimum atomic E-state index is -3.11. The molecule has 0 radical (unpaired) electrons. The standard InChI is InChI=1S/C7H5F2NO3S/c8-5(9)6(11)10-4-2-1-3(14-4)7(12)13/h1-2,5H,(H,10,11)(H,12,13). The lowest BCUT2D eigenvalue weighted by molar-refractivity contribution is -0.126. The summed E-state index contributed by atoms with van der Waals surface area (Å²) in [7, 11) is 0. The Morgan fingerprint density at radius 1 is 1.43 bits per heavy atom. The molecule has 1 aromatic rings. The van der Waals surface area contributed by atoms with E-state index in [1.54, 1.807) is 0 Å². The van der Waals surface area contributed by atoms with Crippen molar-refractivity contribution in [3.63, 3.8) is 0 Å². The van der Waals surface area contributed by atoms with Crippen molar-refractivity contribution < 1.29 is 23.5 Å². The van der Waals surface area contributed by atoms with Crippen molar-refractivity contribution in [1.29, 1.82) is 0 Å². The molecule has 1 aromatic heterocycles. The summed E-state index contributed by atoms with van der Waals surface area (Å²) in [6.07, 6.45) is -3.11. The van der Waals surface area contributed by atoms with Crippen molar-refractivity contribution >= 4 is 28.2 Å². The lowest BCUT2D eigenvalue weighted by Gasteiger charge is -1.98. The maximum Gasteiger partial charge on any atom is 0.345 e. The summed E-state index contributed by atoms with van der Waals surface area (Å²) in [5.74, 6) is -2.60. The fourth-order valence-corrected chi connectivity index (χ4v) is 1.44. The summed E-state index contributed by atoms with van der Waals surface area (Å²) >= 11 is 0.722. The zero-order chi connectivity index (χ0) is 10.7. The number of carbonyl (C=O) groups is 2. The van der Waals surface area contributed by atoms with E-state index in [2.05, 4.69) is 0 Å². The maximum absolute atomic E-state index is 11.8. The zero-order valence-corrected chi connectivity index (χ0v) is 7.48. The number of amides is 1. The van der Waals surface area contributed by atoms with E-state index in [-0.39, 0.29) is 9.88 Å². The van der Waals surface area contributed by atoms with Crippen LogP contribution in [0.2, 0.25) is 0 Å². The molecule has 0 bridgehead atoms. The number of nitrogens with one attached hydrogen (secondary N) is 1. The van der Waals surface area contributed by atoms with Crippen molar-refractivity contribution in [3.8, 4) is 0 Å². The molecule has 0 atom stereocenters. The van der Waals surface area contributed by atoms with Gasteiger partial charge in [-0.05, 0) is 12.1 Å². The fraction of sp³-hybridized carbons (Fsp3) is 0.143. The molecule has 0 aliphatic heterocycles. The molecule has 76 valence electrons. The van der Waals surface area contributed by atoms with Gasteiger partial charge >= 0.3 is 12.4 Å². The third kappa shape index (κ3) is 2.49. The van der Waals surface area contributed by atoms with Gasteiger partial charge < -0.3 is 10.4 Å². The summed E-state index contributed by atoms with van der Waals surface area (Å²) in [4.78, 5) is 20.9. The van der Waals surface area contributed by atoms with Crippen LogP contribution < -0.4 is 5.32 Å². The van der Waals surface area contributed by atoms with Crippen molar-refractivity contribution in [2.24, 2.45) is 0 Å². The number of carboxylic acid groups (broad SMARTS) is 1. The molecule has 0 spiro atoms. The van der Waals surface area contributed by atoms with E-state index in [1.165, 1.54) is 12.1 Å². The van der Waals surface area contributed by atoms with E-state index < -0.39 is 18.3 Å². The predicted molar refractivity (Wildman–Crippen MR) is 45.9 cm³/mol. The number of halogens is 2. The SMILES string of the molecule is O=C(O)c1ccc(NC(=O)C(F)F)s1. The van der Waals surface area contributed by atoms with Crippen LogP contribution in [0.25, 0.3) is 0 Å². The molecule has 0 aromatic carbocycles. The van der Waals surface area contributed by atoms with Crippen molar-refractivity contribution in [2.75, 3.05) is 5.32 Å². The number of hydrogen-bond donors (Lipinski definition) is 2. The monoisotopic (exact) mass is 221 g/mol. The summed E-state index contributed by atoms with van der Waals surface area (Å²) in [5.41, 5.74) is 0. The van der Waals surface area contributed by atoms with Crippen LogP contribution in [0.4, 0.5) is 13.8 Å². The number of thiophene rings is 1. The Hall–Kier alpha value is -1.50. The van der Waals surface area contributed by atoms with Gasteiger partial charge in [-0.15, -0.1) is 11.3 Å². The molecular formula is C7H5F2NO3S. The topological polar surface area (TPSA) is 66.4 Å². The van der Waals surface area contributed by atoms with Crippen LogP contribution in [-0.4, -0.2) is 23.4 Å². The van der Waals surface area contributed by atoms with Crippen molar-refractivity contribution in [1.82, 2.24) is 0 Å². The molecule has 0 aliphatic rings. The predicted octanol–water partition coefficient (Wildman–Crippen LogP) is 1.65. The van der Waals surface area contributed by atoms with E-state index in [4.69, 9.17) is 5.11 Å². The molecule has 1 rings (SSSR count). The van der Waals surface area contributed by atoms with Gasteiger partial charge in [0.05, 0.1) is 5.00 Å². The second-order valence-electron chi connectivity index (χ2n) is 2.26. The molecule has 0 saturated heterocycles. The molecule has 0 saturated carbocycles. The van der Waals surface area contributed by atoms with Crippen LogP contribution in [0.1, 0.15) is 9.67 Å². The smallest absolute Gasteiger partial charge is 0.345 e. The van der Waals surface area contributed by atoms with Gasteiger partial charge in [-0.1, -0.05) is 0 Å². The molecule has 1 amide bonds. The Bertz CT molecular complexity index is 364. The minimum Gasteiger partial charge on any atom is -0.477 e. The molecule has 2 N–H and O–H groups in total. The highest BCUT2D eigenvalue weighted by Gasteiger charge is 2.16. The van der Waals surface area contributed by atoms with Gasteiger partial charge in [0, 0.05) is 0 Å². The lowest BCUT2D eigenvalue weighted by Crippen LogP contribution is -2.19. The van der Waals surface area contributed by atoms with E-state index >= 15 is 0 Å². The van der Waals surface area contributed by atoms with Crippen LogP contribution in [0, 0.1) is 0 Å². The number of rotatable bonds is 3. The second-order valence-corrected chi connectivity index (χ2v) is 3.34. The molecule has 0 aliphatic carbocycles. The molecule has 0 fully saturated rings. The summed E-state index contributed by atoms with van der Waals surface area (Å²) < 4.78 is 23.5. The number of aromatic carboxylic acids is 1. The van der Waals surface area contributed by atoms with E-state index in [1.807, 2.05) is 5.32 Å². The van der Waals surface area contributed by atoms with E-state index in [0.717, 1.165) is 11.3 Å². The normalized spacial score (nSPS) is 10.2. The average molecular weight is 221 g/mol. The first-order valence-corrected chi connectivity index (χ1v) is 4.24. The van der Waals surface area contributed by atoms with E-state index in [9.17, 15) is 18.4 Å². The third-order valence-corrected chi connectivity index (χ3v) is 2.25. The van der Waals surface area contributed by atoms with E-state index in [0.29, 0.717) is 0 Å². The van der Waals surface area contributed by atoms with Crippen LogP contribution in [-0.2, 0) is 4.79 Å². The average Bonchev–Trinajstić information content (AvgIpc) is 2.52. The molecular weight excluding hydrogens is 216 g/mol. The summed E-state index contributed by atoms with van der Waals surface area (Å²) in [6.45, 7) is 0. The maximum atomic E-state index is 11.8. The zero-order valence-electron chi connectivity index (χ0n) is 6.66. The largest absolute Gasteiger partial charge is 0.477 e. The molecule has 14 heavy (non-hydrogen) atoms. The van der Waals surface area contributed by atoms with Gasteiger partial charge in [0.2, 0.25) is 0 Å². The van der Waals surface area contributed by atoms with Crippen molar-refractivity contribution in [3.05, 3.63) is 17.0 Å². The number of hydrogen-bond acceptors (Lipinski definition) is 3. The second kappa shape index (κ2) is 4.14. The Morgan fingerprint density at radius 3 is 2.50 bits per heavy atom. The number of carboxylic acids is 1. The number of alkyl halides is 2. The van der Waals surface area contributed by atoms with Gasteiger partial charge in [0.15, 0.2) is 0 Å². The molecule has 7 heteroatoms. The van der Waals surface area contributed by atoms with Gasteiger partial charge in [0.1, 0.15) is 4.88 Å². The summed E-state index contributed by atoms with van der Waals surface area (Å²) in [5, 5.41) is 10.5. The van der Waals surface area contributed by atoms with Gasteiger partial charge in [0.25, 0.3) is 5.91 Å². The molecule has 1 heterocycles. The highest BCUT2D eigenvalue weighted by molar-refractivity contribution is 7.18. The molecule has 0 unspecified atom stereocenters. The first kappa shape index (κ1) is 10.6. The minimum absolute atomic E-state index is 0.0189. The molecule has 4 nitrogen and oxygen atoms in total. The highest BCUT2D eigenvalue weighted by atomic mass is 32.1. The van der Waals surface area contributed by atoms with Crippen LogP contribution in [0.15, 0.2) is 12.1 Å². The van der Waals surface area contributed by atoms with Crippen LogP contribution >= 0.6 is 11.3 Å². The highest BCUT2D eigenvalue weighted by Crippen LogP contribution is 2.22. The number of anilines is 1. The van der Waals surface area contributed by atoms with Crippen LogP contribution in [0.5, 0.6) is 0 Å². The van der Waals surface area contributed by atoms with Gasteiger partial charge in [-0.3, -0.25) is 4.79 Å². The fourth-order valence-electron chi connectivity index (χ4n) is 0.696. The van der Waals surface area contributed by atoms with Crippen molar-refractivity contribution in [2.45, 2.75) is 6.43 Å². The van der Waals surface area contributed by atoms with Gasteiger partial charge in [-0.25, -0.2) is 4.79 Å². The quantitative estimate of drug-likeness (QED) is 0.815. The van der Waals surface area contributed by atoms with Gasteiger partial charge in [-0.2, -0.15) is 8.78 Å². The Kier molecular flexibility index (Phi) is 3.13.